The summed E-state index contributed by atoms with van der Waals surface area (Å²) in [6, 6.07) is -0.0947. The molecule has 1 aliphatic heterocycles. The van der Waals surface area contributed by atoms with Crippen molar-refractivity contribution >= 4 is 23.1 Å². The van der Waals surface area contributed by atoms with Crippen LogP contribution in [0.5, 0.6) is 0 Å². The number of rotatable bonds is 2. The van der Waals surface area contributed by atoms with Gasteiger partial charge in [-0.25, -0.2) is 0 Å². The number of carbonyl (C=O) groups excluding carboxylic acids is 1. The fourth-order valence-electron chi connectivity index (χ4n) is 2.00. The number of aryl methyl sites for hydroxylation is 1. The lowest BCUT2D eigenvalue weighted by Gasteiger charge is -2.22. The molecule has 1 aliphatic rings. The van der Waals surface area contributed by atoms with Crippen molar-refractivity contribution in [1.29, 1.82) is 0 Å². The summed E-state index contributed by atoms with van der Waals surface area (Å²) < 4.78 is 1.61. The highest BCUT2D eigenvalue weighted by Crippen LogP contribution is 2.20. The first kappa shape index (κ1) is 11.1. The van der Waals surface area contributed by atoms with Crippen LogP contribution in [0.3, 0.4) is 0 Å². The average molecular weight is 238 g/mol. The summed E-state index contributed by atoms with van der Waals surface area (Å²) in [5.41, 5.74) is 6.21. The first-order chi connectivity index (χ1) is 7.59. The van der Waals surface area contributed by atoms with Gasteiger partial charge in [0.2, 0.25) is 0 Å². The number of likely N-dealkylation sites (tertiary alicyclic amines) is 1. The Morgan fingerprint density at radius 3 is 3.00 bits per heavy atom. The zero-order chi connectivity index (χ0) is 11.7. The summed E-state index contributed by atoms with van der Waals surface area (Å²) in [5, 5.41) is 3.98. The molecule has 16 heavy (non-hydrogen) atoms. The molecule has 1 atom stereocenters. The molecule has 2 heterocycles. The molecule has 1 unspecified atom stereocenters. The third-order valence-electron chi connectivity index (χ3n) is 2.79. The van der Waals surface area contributed by atoms with Gasteiger partial charge in [0, 0.05) is 19.8 Å². The zero-order valence-corrected chi connectivity index (χ0v) is 9.91. The molecule has 1 saturated heterocycles. The van der Waals surface area contributed by atoms with E-state index in [0.29, 0.717) is 10.6 Å². The highest BCUT2D eigenvalue weighted by molar-refractivity contribution is 7.80. The predicted molar refractivity (Wildman–Crippen MR) is 64.1 cm³/mol. The van der Waals surface area contributed by atoms with Crippen LogP contribution in [-0.4, -0.2) is 38.2 Å². The van der Waals surface area contributed by atoms with Crippen molar-refractivity contribution in [3.8, 4) is 0 Å². The van der Waals surface area contributed by atoms with E-state index in [0.717, 1.165) is 19.4 Å². The van der Waals surface area contributed by atoms with E-state index in [4.69, 9.17) is 18.0 Å². The topological polar surface area (TPSA) is 64.2 Å². The summed E-state index contributed by atoms with van der Waals surface area (Å²) in [5.74, 6) is -0.0385. The van der Waals surface area contributed by atoms with Crippen LogP contribution < -0.4 is 5.73 Å². The van der Waals surface area contributed by atoms with Crippen molar-refractivity contribution in [3.63, 3.8) is 0 Å². The number of amides is 1. The second-order valence-electron chi connectivity index (χ2n) is 3.96. The molecule has 5 nitrogen and oxygen atoms in total. The van der Waals surface area contributed by atoms with Gasteiger partial charge in [-0.1, -0.05) is 12.2 Å². The summed E-state index contributed by atoms with van der Waals surface area (Å²) >= 11 is 4.97. The number of thiocarbonyl (C=S) groups is 1. The Balaban J connectivity index is 2.18. The summed E-state index contributed by atoms with van der Waals surface area (Å²) in [6.07, 6.45) is 5.09. The third-order valence-corrected chi connectivity index (χ3v) is 3.07. The number of nitrogens with two attached hydrogens (primary N) is 1. The Morgan fingerprint density at radius 2 is 2.44 bits per heavy atom. The van der Waals surface area contributed by atoms with Crippen molar-refractivity contribution in [2.45, 2.75) is 18.9 Å². The van der Waals surface area contributed by atoms with Crippen LogP contribution in [0.25, 0.3) is 0 Å². The fraction of sp³-hybridized carbons (Fsp3) is 0.500. The average Bonchev–Trinajstić information content (AvgIpc) is 2.84. The largest absolute Gasteiger partial charge is 0.392 e. The first-order valence-electron chi connectivity index (χ1n) is 5.18. The quantitative estimate of drug-likeness (QED) is 0.753. The lowest BCUT2D eigenvalue weighted by Crippen LogP contribution is -2.42. The minimum atomic E-state index is -0.0947. The molecule has 0 spiro atoms. The van der Waals surface area contributed by atoms with Gasteiger partial charge in [-0.15, -0.1) is 0 Å². The van der Waals surface area contributed by atoms with Gasteiger partial charge in [-0.3, -0.25) is 9.48 Å². The van der Waals surface area contributed by atoms with Gasteiger partial charge in [0.25, 0.3) is 5.91 Å². The Labute approximate surface area is 99.2 Å². The van der Waals surface area contributed by atoms with Gasteiger partial charge < -0.3 is 10.6 Å². The summed E-state index contributed by atoms with van der Waals surface area (Å²) in [7, 11) is 1.78. The van der Waals surface area contributed by atoms with Crippen molar-refractivity contribution in [2.75, 3.05) is 6.54 Å². The molecule has 86 valence electrons. The third kappa shape index (κ3) is 1.92. The van der Waals surface area contributed by atoms with Crippen LogP contribution in [0.4, 0.5) is 0 Å². The number of nitrogens with zero attached hydrogens (tertiary/aromatic N) is 3. The maximum absolute atomic E-state index is 12.1. The van der Waals surface area contributed by atoms with Crippen LogP contribution in [-0.2, 0) is 7.05 Å². The van der Waals surface area contributed by atoms with Gasteiger partial charge in [0.15, 0.2) is 0 Å². The van der Waals surface area contributed by atoms with E-state index in [2.05, 4.69) is 5.10 Å². The van der Waals surface area contributed by atoms with Gasteiger partial charge in [0.1, 0.15) is 0 Å². The van der Waals surface area contributed by atoms with E-state index < -0.39 is 0 Å². The van der Waals surface area contributed by atoms with Crippen LogP contribution in [0.15, 0.2) is 12.4 Å². The molecule has 0 saturated carbocycles. The van der Waals surface area contributed by atoms with E-state index in [1.807, 2.05) is 0 Å². The number of hydrogen-bond donors (Lipinski definition) is 1. The SMILES string of the molecule is Cn1cc(C(=O)N2CCCC2C(N)=S)cn1. The van der Waals surface area contributed by atoms with E-state index >= 15 is 0 Å². The Hall–Kier alpha value is -1.43. The van der Waals surface area contributed by atoms with Crippen LogP contribution in [0.1, 0.15) is 23.2 Å². The van der Waals surface area contributed by atoms with Crippen molar-refractivity contribution in [3.05, 3.63) is 18.0 Å². The van der Waals surface area contributed by atoms with Crippen LogP contribution in [0, 0.1) is 0 Å². The molecule has 2 N–H and O–H groups in total. The molecular weight excluding hydrogens is 224 g/mol. The number of aromatic nitrogens is 2. The minimum Gasteiger partial charge on any atom is -0.392 e. The normalized spacial score (nSPS) is 20.1. The predicted octanol–water partition coefficient (Wildman–Crippen LogP) is 0.311. The lowest BCUT2D eigenvalue weighted by atomic mass is 10.2. The maximum atomic E-state index is 12.1. The lowest BCUT2D eigenvalue weighted by molar-refractivity contribution is 0.0770. The number of carbonyl (C=O) groups is 1. The highest BCUT2D eigenvalue weighted by atomic mass is 32.1. The molecule has 0 aliphatic carbocycles. The monoisotopic (exact) mass is 238 g/mol. The summed E-state index contributed by atoms with van der Waals surface area (Å²) in [6.45, 7) is 0.718. The van der Waals surface area contributed by atoms with Crippen molar-refractivity contribution < 1.29 is 4.79 Å². The zero-order valence-electron chi connectivity index (χ0n) is 9.09. The molecule has 1 fully saturated rings. The molecule has 0 bridgehead atoms. The fourth-order valence-corrected chi connectivity index (χ4v) is 2.25. The van der Waals surface area contributed by atoms with E-state index in [1.165, 1.54) is 0 Å². The molecule has 6 heteroatoms. The summed E-state index contributed by atoms with van der Waals surface area (Å²) in [4.78, 5) is 14.3. The highest BCUT2D eigenvalue weighted by Gasteiger charge is 2.31. The minimum absolute atomic E-state index is 0.0385. The Morgan fingerprint density at radius 1 is 1.69 bits per heavy atom. The maximum Gasteiger partial charge on any atom is 0.257 e. The standard InChI is InChI=1S/C10H14N4OS/c1-13-6-7(5-12-13)10(15)14-4-2-3-8(14)9(11)16/h5-6,8H,2-4H2,1H3,(H2,11,16). The molecule has 0 radical (unpaired) electrons. The van der Waals surface area contributed by atoms with Crippen LogP contribution in [0.2, 0.25) is 0 Å². The molecule has 1 aromatic heterocycles. The van der Waals surface area contributed by atoms with Gasteiger partial charge in [-0.2, -0.15) is 5.10 Å². The molecule has 2 rings (SSSR count). The molecule has 1 amide bonds. The van der Waals surface area contributed by atoms with Crippen molar-refractivity contribution in [1.82, 2.24) is 14.7 Å². The van der Waals surface area contributed by atoms with E-state index in [9.17, 15) is 4.79 Å². The molecule has 1 aromatic rings. The van der Waals surface area contributed by atoms with Gasteiger partial charge >= 0.3 is 0 Å². The van der Waals surface area contributed by atoms with E-state index in [-0.39, 0.29) is 11.9 Å². The Bertz CT molecular complexity index is 428. The van der Waals surface area contributed by atoms with Crippen LogP contribution >= 0.6 is 12.2 Å². The van der Waals surface area contributed by atoms with E-state index in [1.54, 1.807) is 29.0 Å². The smallest absolute Gasteiger partial charge is 0.257 e. The number of hydrogen-bond acceptors (Lipinski definition) is 3. The van der Waals surface area contributed by atoms with Gasteiger partial charge in [0.05, 0.1) is 22.8 Å². The first-order valence-corrected chi connectivity index (χ1v) is 5.59. The molecule has 0 aromatic carbocycles. The second kappa shape index (κ2) is 4.21. The molecular formula is C10H14N4OS. The van der Waals surface area contributed by atoms with Crippen molar-refractivity contribution in [2.24, 2.45) is 12.8 Å². The Kier molecular flexibility index (Phi) is 2.91. The van der Waals surface area contributed by atoms with Gasteiger partial charge in [-0.05, 0) is 12.8 Å². The second-order valence-corrected chi connectivity index (χ2v) is 4.43.